The van der Waals surface area contributed by atoms with Crippen molar-refractivity contribution in [2.75, 3.05) is 5.32 Å². The molecule has 116 valence electrons. The van der Waals surface area contributed by atoms with Crippen molar-refractivity contribution in [3.63, 3.8) is 0 Å². The molecule has 3 rings (SSSR count). The van der Waals surface area contributed by atoms with E-state index in [1.807, 2.05) is 43.3 Å². The van der Waals surface area contributed by atoms with Crippen molar-refractivity contribution < 1.29 is 4.79 Å². The van der Waals surface area contributed by atoms with Gasteiger partial charge in [-0.3, -0.25) is 10.1 Å². The van der Waals surface area contributed by atoms with Crippen molar-refractivity contribution in [1.29, 1.82) is 0 Å². The number of nitrogens with zero attached hydrogens (tertiary/aromatic N) is 1. The number of amides is 1. The molecule has 0 fully saturated rings. The van der Waals surface area contributed by atoms with Gasteiger partial charge >= 0.3 is 0 Å². The first kappa shape index (κ1) is 16.2. The largest absolute Gasteiger partial charge is 0.298 e. The Kier molecular flexibility index (Phi) is 4.80. The molecule has 0 saturated heterocycles. The number of rotatable bonds is 3. The van der Waals surface area contributed by atoms with Crippen LogP contribution in [0.2, 0.25) is 5.02 Å². The van der Waals surface area contributed by atoms with Crippen LogP contribution >= 0.6 is 38.9 Å². The Balaban J connectivity index is 1.83. The van der Waals surface area contributed by atoms with E-state index in [-0.39, 0.29) is 5.91 Å². The second-order valence-electron chi connectivity index (χ2n) is 4.90. The van der Waals surface area contributed by atoms with Gasteiger partial charge < -0.3 is 0 Å². The number of nitrogens with one attached hydrogen (secondary N) is 1. The minimum Gasteiger partial charge on any atom is -0.298 e. The molecule has 0 aliphatic heterocycles. The van der Waals surface area contributed by atoms with E-state index in [9.17, 15) is 4.79 Å². The van der Waals surface area contributed by atoms with Gasteiger partial charge in [-0.05, 0) is 37.3 Å². The lowest BCUT2D eigenvalue weighted by atomic mass is 10.1. The highest BCUT2D eigenvalue weighted by Gasteiger charge is 2.13. The first-order chi connectivity index (χ1) is 11.0. The number of carbonyl (C=O) groups is 1. The number of hydrogen-bond acceptors (Lipinski definition) is 3. The van der Waals surface area contributed by atoms with Crippen LogP contribution in [-0.4, -0.2) is 10.9 Å². The molecule has 0 bridgehead atoms. The molecular weight excluding hydrogens is 396 g/mol. The van der Waals surface area contributed by atoms with Gasteiger partial charge in [-0.1, -0.05) is 45.7 Å². The number of aromatic nitrogens is 1. The van der Waals surface area contributed by atoms with E-state index >= 15 is 0 Å². The van der Waals surface area contributed by atoms with E-state index in [1.165, 1.54) is 11.3 Å². The highest BCUT2D eigenvalue weighted by Crippen LogP contribution is 2.31. The van der Waals surface area contributed by atoms with Crippen LogP contribution < -0.4 is 5.32 Å². The molecule has 0 atom stereocenters. The zero-order valence-corrected chi connectivity index (χ0v) is 15.3. The summed E-state index contributed by atoms with van der Waals surface area (Å²) in [5.74, 6) is -0.178. The van der Waals surface area contributed by atoms with Crippen molar-refractivity contribution in [2.45, 2.75) is 6.92 Å². The monoisotopic (exact) mass is 406 g/mol. The molecule has 1 N–H and O–H groups in total. The third kappa shape index (κ3) is 3.80. The lowest BCUT2D eigenvalue weighted by molar-refractivity contribution is 0.102. The Bertz CT molecular complexity index is 861. The summed E-state index contributed by atoms with van der Waals surface area (Å²) in [6, 6.07) is 14.7. The SMILES string of the molecule is Cc1sc(NC(=O)c2cccc(Br)c2)nc1-c1ccc(Cl)cc1. The number of hydrogen-bond donors (Lipinski definition) is 1. The van der Waals surface area contributed by atoms with Gasteiger partial charge in [0.15, 0.2) is 5.13 Å². The van der Waals surface area contributed by atoms with E-state index in [0.29, 0.717) is 15.7 Å². The summed E-state index contributed by atoms with van der Waals surface area (Å²) >= 11 is 10.7. The summed E-state index contributed by atoms with van der Waals surface area (Å²) in [6.07, 6.45) is 0. The molecule has 0 saturated carbocycles. The molecule has 0 aliphatic rings. The molecule has 6 heteroatoms. The van der Waals surface area contributed by atoms with Crippen LogP contribution in [0.4, 0.5) is 5.13 Å². The summed E-state index contributed by atoms with van der Waals surface area (Å²) in [5.41, 5.74) is 2.42. The van der Waals surface area contributed by atoms with Crippen molar-refractivity contribution in [1.82, 2.24) is 4.98 Å². The molecule has 0 radical (unpaired) electrons. The van der Waals surface area contributed by atoms with Gasteiger partial charge in [-0.15, -0.1) is 11.3 Å². The minimum atomic E-state index is -0.178. The quantitative estimate of drug-likeness (QED) is 0.597. The first-order valence-corrected chi connectivity index (χ1v) is 8.82. The number of anilines is 1. The van der Waals surface area contributed by atoms with Gasteiger partial charge in [-0.25, -0.2) is 4.98 Å². The van der Waals surface area contributed by atoms with E-state index in [1.54, 1.807) is 12.1 Å². The standard InChI is InChI=1S/C17H12BrClN2OS/c1-10-15(11-5-7-14(19)8-6-11)20-17(23-10)21-16(22)12-3-2-4-13(18)9-12/h2-9H,1H3,(H,20,21,22). The molecule has 2 aromatic carbocycles. The Morgan fingerprint density at radius 3 is 2.65 bits per heavy atom. The Hall–Kier alpha value is -1.69. The van der Waals surface area contributed by atoms with Gasteiger partial charge in [-0.2, -0.15) is 0 Å². The minimum absolute atomic E-state index is 0.178. The molecule has 3 aromatic rings. The molecule has 1 amide bonds. The molecule has 0 aliphatic carbocycles. The van der Waals surface area contributed by atoms with Crippen molar-refractivity contribution >= 4 is 49.9 Å². The number of carbonyl (C=O) groups excluding carboxylic acids is 1. The van der Waals surface area contributed by atoms with Crippen LogP contribution in [0.1, 0.15) is 15.2 Å². The lowest BCUT2D eigenvalue weighted by Crippen LogP contribution is -2.11. The van der Waals surface area contributed by atoms with Crippen LogP contribution in [0.5, 0.6) is 0 Å². The van der Waals surface area contributed by atoms with Crippen molar-refractivity contribution in [3.8, 4) is 11.3 Å². The number of aryl methyl sites for hydroxylation is 1. The maximum absolute atomic E-state index is 12.3. The second kappa shape index (κ2) is 6.83. The fraction of sp³-hybridized carbons (Fsp3) is 0.0588. The Morgan fingerprint density at radius 2 is 1.96 bits per heavy atom. The predicted octanol–water partition coefficient (Wildman–Crippen LogP) is 5.79. The lowest BCUT2D eigenvalue weighted by Gasteiger charge is -2.02. The Labute approximate surface area is 151 Å². The molecule has 3 nitrogen and oxygen atoms in total. The highest BCUT2D eigenvalue weighted by molar-refractivity contribution is 9.10. The maximum atomic E-state index is 12.3. The summed E-state index contributed by atoms with van der Waals surface area (Å²) in [5, 5.41) is 4.12. The third-order valence-corrected chi connectivity index (χ3v) is 4.85. The smallest absolute Gasteiger partial charge is 0.257 e. The zero-order chi connectivity index (χ0) is 16.4. The molecule has 1 heterocycles. The zero-order valence-electron chi connectivity index (χ0n) is 12.1. The van der Waals surface area contributed by atoms with Crippen LogP contribution in [0.3, 0.4) is 0 Å². The second-order valence-corrected chi connectivity index (χ2v) is 7.45. The highest BCUT2D eigenvalue weighted by atomic mass is 79.9. The molecule has 0 unspecified atom stereocenters. The van der Waals surface area contributed by atoms with Crippen LogP contribution in [0.25, 0.3) is 11.3 Å². The van der Waals surface area contributed by atoms with Gasteiger partial charge in [0.25, 0.3) is 5.91 Å². The van der Waals surface area contributed by atoms with E-state index in [0.717, 1.165) is 20.6 Å². The number of benzene rings is 2. The van der Waals surface area contributed by atoms with E-state index in [2.05, 4.69) is 26.2 Å². The van der Waals surface area contributed by atoms with Crippen LogP contribution in [0.15, 0.2) is 53.0 Å². The van der Waals surface area contributed by atoms with Gasteiger partial charge in [0, 0.05) is 25.5 Å². The molecule has 23 heavy (non-hydrogen) atoms. The average molecular weight is 408 g/mol. The van der Waals surface area contributed by atoms with Crippen LogP contribution in [-0.2, 0) is 0 Å². The number of thiazole rings is 1. The topological polar surface area (TPSA) is 42.0 Å². The average Bonchev–Trinajstić information content (AvgIpc) is 2.88. The third-order valence-electron chi connectivity index (χ3n) is 3.22. The normalized spacial score (nSPS) is 10.6. The predicted molar refractivity (Wildman–Crippen MR) is 99.4 cm³/mol. The van der Waals surface area contributed by atoms with Crippen LogP contribution in [0, 0.1) is 6.92 Å². The summed E-state index contributed by atoms with van der Waals surface area (Å²) in [4.78, 5) is 17.9. The molecular formula is C17H12BrClN2OS. The molecule has 1 aromatic heterocycles. The van der Waals surface area contributed by atoms with Gasteiger partial charge in [0.05, 0.1) is 5.69 Å². The van der Waals surface area contributed by atoms with E-state index < -0.39 is 0 Å². The maximum Gasteiger partial charge on any atom is 0.257 e. The number of halogens is 2. The first-order valence-electron chi connectivity index (χ1n) is 6.83. The Morgan fingerprint density at radius 1 is 1.22 bits per heavy atom. The van der Waals surface area contributed by atoms with Crippen molar-refractivity contribution in [2.24, 2.45) is 0 Å². The van der Waals surface area contributed by atoms with Crippen molar-refractivity contribution in [3.05, 3.63) is 68.5 Å². The summed E-state index contributed by atoms with van der Waals surface area (Å²) in [6.45, 7) is 1.98. The van der Waals surface area contributed by atoms with Gasteiger partial charge in [0.1, 0.15) is 0 Å². The summed E-state index contributed by atoms with van der Waals surface area (Å²) < 4.78 is 0.863. The fourth-order valence-electron chi connectivity index (χ4n) is 2.12. The molecule has 0 spiro atoms. The summed E-state index contributed by atoms with van der Waals surface area (Å²) in [7, 11) is 0. The fourth-order valence-corrected chi connectivity index (χ4v) is 3.48. The van der Waals surface area contributed by atoms with E-state index in [4.69, 9.17) is 11.6 Å². The van der Waals surface area contributed by atoms with Gasteiger partial charge in [0.2, 0.25) is 0 Å².